The molecule has 0 spiro atoms. The van der Waals surface area contributed by atoms with E-state index in [0.29, 0.717) is 23.6 Å². The number of sulfonamides is 1. The Hall–Kier alpha value is -2.74. The first-order valence-corrected chi connectivity index (χ1v) is 12.0. The van der Waals surface area contributed by atoms with E-state index in [1.54, 1.807) is 13.2 Å². The van der Waals surface area contributed by atoms with E-state index in [1.807, 2.05) is 58.0 Å². The third kappa shape index (κ3) is 5.12. The number of hydrogen-bond acceptors (Lipinski definition) is 5. The Bertz CT molecular complexity index is 1070. The number of methoxy groups -OCH3 is 1. The van der Waals surface area contributed by atoms with Gasteiger partial charge in [0.2, 0.25) is 15.9 Å². The minimum Gasteiger partial charge on any atom is -0.497 e. The van der Waals surface area contributed by atoms with Gasteiger partial charge in [0, 0.05) is 18.1 Å². The molecule has 0 radical (unpaired) electrons. The first-order valence-electron chi connectivity index (χ1n) is 10.1. The van der Waals surface area contributed by atoms with Gasteiger partial charge in [0.05, 0.1) is 25.1 Å². The number of carbonyl (C=O) groups is 1. The van der Waals surface area contributed by atoms with Gasteiger partial charge in [-0.2, -0.15) is 0 Å². The second-order valence-electron chi connectivity index (χ2n) is 8.60. The van der Waals surface area contributed by atoms with Crippen molar-refractivity contribution in [2.75, 3.05) is 24.2 Å². The van der Waals surface area contributed by atoms with Gasteiger partial charge in [-0.1, -0.05) is 18.2 Å². The number of aryl methyl sites for hydroxylation is 2. The lowest BCUT2D eigenvalue weighted by atomic mass is 9.89. The molecule has 8 heteroatoms. The molecule has 0 saturated carbocycles. The summed E-state index contributed by atoms with van der Waals surface area (Å²) in [6.07, 6.45) is 1.67. The molecule has 1 aliphatic heterocycles. The van der Waals surface area contributed by atoms with Gasteiger partial charge < -0.3 is 14.8 Å². The van der Waals surface area contributed by atoms with Gasteiger partial charge in [0.15, 0.2) is 0 Å². The summed E-state index contributed by atoms with van der Waals surface area (Å²) in [5, 5.41) is 3.01. The zero-order chi connectivity index (χ0) is 23.0. The van der Waals surface area contributed by atoms with Crippen molar-refractivity contribution < 1.29 is 22.7 Å². The second-order valence-corrected chi connectivity index (χ2v) is 10.5. The first-order chi connectivity index (χ1) is 14.4. The summed E-state index contributed by atoms with van der Waals surface area (Å²) in [4.78, 5) is 13.0. The van der Waals surface area contributed by atoms with E-state index in [2.05, 4.69) is 5.32 Å². The van der Waals surface area contributed by atoms with Crippen LogP contribution in [0.3, 0.4) is 0 Å². The quantitative estimate of drug-likeness (QED) is 0.734. The number of rotatable bonds is 6. The van der Waals surface area contributed by atoms with Crippen molar-refractivity contribution in [3.8, 4) is 11.5 Å². The Morgan fingerprint density at radius 1 is 1.23 bits per heavy atom. The van der Waals surface area contributed by atoms with Crippen LogP contribution in [0.5, 0.6) is 11.5 Å². The monoisotopic (exact) mass is 446 g/mol. The second kappa shape index (κ2) is 8.42. The fourth-order valence-corrected chi connectivity index (χ4v) is 4.99. The zero-order valence-corrected chi connectivity index (χ0v) is 19.7. The van der Waals surface area contributed by atoms with E-state index in [1.165, 1.54) is 4.31 Å². The van der Waals surface area contributed by atoms with Crippen molar-refractivity contribution in [1.82, 2.24) is 5.32 Å². The van der Waals surface area contributed by atoms with Crippen molar-refractivity contribution in [2.24, 2.45) is 0 Å². The number of ether oxygens (including phenoxy) is 2. The lowest BCUT2D eigenvalue weighted by molar-refractivity contribution is -0.120. The van der Waals surface area contributed by atoms with Gasteiger partial charge in [0.25, 0.3) is 0 Å². The summed E-state index contributed by atoms with van der Waals surface area (Å²) in [5.41, 5.74) is 2.47. The van der Waals surface area contributed by atoms with Gasteiger partial charge in [-0.3, -0.25) is 9.10 Å². The Morgan fingerprint density at radius 2 is 1.87 bits per heavy atom. The molecule has 7 nitrogen and oxygen atoms in total. The predicted molar refractivity (Wildman–Crippen MR) is 121 cm³/mol. The minimum absolute atomic E-state index is 0.298. The van der Waals surface area contributed by atoms with Crippen LogP contribution in [0.15, 0.2) is 36.4 Å². The lowest BCUT2D eigenvalue weighted by Crippen LogP contribution is -2.45. The average Bonchev–Trinajstić information content (AvgIpc) is 2.64. The Morgan fingerprint density at radius 3 is 2.45 bits per heavy atom. The van der Waals surface area contributed by atoms with Crippen LogP contribution in [0.1, 0.15) is 43.0 Å². The fourth-order valence-electron chi connectivity index (χ4n) is 4.02. The third-order valence-electron chi connectivity index (χ3n) is 5.39. The van der Waals surface area contributed by atoms with Crippen LogP contribution in [-0.2, 0) is 14.8 Å². The standard InChI is InChI=1S/C23H30N2O5S/c1-15-8-7-9-16(2)22(15)25(31(6,27)28)14-21(26)24-19-13-23(3,4)30-20-12-17(29-5)10-11-18(19)20/h7-12,19H,13-14H2,1-6H3,(H,24,26)/t19-/m1/s1. The van der Waals surface area contributed by atoms with Crippen LogP contribution in [0, 0.1) is 13.8 Å². The molecule has 1 atom stereocenters. The molecule has 1 amide bonds. The number of nitrogens with zero attached hydrogens (tertiary/aromatic N) is 1. The maximum absolute atomic E-state index is 13.0. The smallest absolute Gasteiger partial charge is 0.241 e. The summed E-state index contributed by atoms with van der Waals surface area (Å²) in [6, 6.07) is 10.7. The number of anilines is 1. The maximum Gasteiger partial charge on any atom is 0.241 e. The molecule has 2 aromatic rings. The predicted octanol–water partition coefficient (Wildman–Crippen LogP) is 3.50. The average molecular weight is 447 g/mol. The largest absolute Gasteiger partial charge is 0.497 e. The molecule has 3 rings (SSSR count). The highest BCUT2D eigenvalue weighted by atomic mass is 32.2. The minimum atomic E-state index is -3.66. The number of nitrogens with one attached hydrogen (secondary N) is 1. The molecule has 0 saturated heterocycles. The van der Waals surface area contributed by atoms with Crippen LogP contribution in [0.2, 0.25) is 0 Å². The molecule has 1 heterocycles. The number of benzene rings is 2. The van der Waals surface area contributed by atoms with E-state index in [9.17, 15) is 13.2 Å². The van der Waals surface area contributed by atoms with Crippen molar-refractivity contribution in [2.45, 2.75) is 45.8 Å². The summed E-state index contributed by atoms with van der Waals surface area (Å²) in [7, 11) is -2.07. The third-order valence-corrected chi connectivity index (χ3v) is 6.50. The van der Waals surface area contributed by atoms with E-state index in [4.69, 9.17) is 9.47 Å². The van der Waals surface area contributed by atoms with Crippen molar-refractivity contribution in [1.29, 1.82) is 0 Å². The van der Waals surface area contributed by atoms with Gasteiger partial charge >= 0.3 is 0 Å². The molecule has 0 aromatic heterocycles. The highest BCUT2D eigenvalue weighted by Crippen LogP contribution is 2.41. The number of hydrogen-bond donors (Lipinski definition) is 1. The molecule has 168 valence electrons. The van der Waals surface area contributed by atoms with E-state index < -0.39 is 15.6 Å². The highest BCUT2D eigenvalue weighted by molar-refractivity contribution is 7.92. The van der Waals surface area contributed by atoms with Crippen LogP contribution < -0.4 is 19.1 Å². The van der Waals surface area contributed by atoms with Crippen molar-refractivity contribution in [3.05, 3.63) is 53.1 Å². The molecule has 0 fully saturated rings. The van der Waals surface area contributed by atoms with E-state index in [-0.39, 0.29) is 18.5 Å². The topological polar surface area (TPSA) is 84.9 Å². The Balaban J connectivity index is 1.88. The molecule has 0 bridgehead atoms. The van der Waals surface area contributed by atoms with Gasteiger partial charge in [-0.05, 0) is 51.0 Å². The molecule has 2 aromatic carbocycles. The first kappa shape index (κ1) is 22.9. The Labute approximate surface area is 184 Å². The molecule has 1 N–H and O–H groups in total. The summed E-state index contributed by atoms with van der Waals surface area (Å²) < 4.78 is 37.6. The normalized spacial score (nSPS) is 17.3. The maximum atomic E-state index is 13.0. The Kier molecular flexibility index (Phi) is 6.23. The summed E-state index contributed by atoms with van der Waals surface area (Å²) >= 11 is 0. The molecule has 0 unspecified atom stereocenters. The van der Waals surface area contributed by atoms with Gasteiger partial charge in [-0.15, -0.1) is 0 Å². The lowest BCUT2D eigenvalue weighted by Gasteiger charge is -2.38. The summed E-state index contributed by atoms with van der Waals surface area (Å²) in [6.45, 7) is 7.28. The van der Waals surface area contributed by atoms with Crippen LogP contribution in [0.25, 0.3) is 0 Å². The number of carbonyl (C=O) groups excluding carboxylic acids is 1. The van der Waals surface area contributed by atoms with Crippen molar-refractivity contribution in [3.63, 3.8) is 0 Å². The van der Waals surface area contributed by atoms with Gasteiger partial charge in [0.1, 0.15) is 23.6 Å². The number of amides is 1. The van der Waals surface area contributed by atoms with E-state index in [0.717, 1.165) is 22.9 Å². The molecular formula is C23H30N2O5S. The molecule has 0 aliphatic carbocycles. The molecular weight excluding hydrogens is 416 g/mol. The van der Waals surface area contributed by atoms with Crippen LogP contribution in [0.4, 0.5) is 5.69 Å². The fraction of sp³-hybridized carbons (Fsp3) is 0.435. The van der Waals surface area contributed by atoms with Gasteiger partial charge in [-0.25, -0.2) is 8.42 Å². The van der Waals surface area contributed by atoms with Crippen LogP contribution in [-0.4, -0.2) is 39.8 Å². The molecule has 1 aliphatic rings. The molecule has 31 heavy (non-hydrogen) atoms. The zero-order valence-electron chi connectivity index (χ0n) is 18.9. The number of fused-ring (bicyclic) bond motifs is 1. The summed E-state index contributed by atoms with van der Waals surface area (Å²) in [5.74, 6) is 0.938. The number of para-hydroxylation sites is 1. The van der Waals surface area contributed by atoms with E-state index >= 15 is 0 Å². The van der Waals surface area contributed by atoms with Crippen molar-refractivity contribution >= 4 is 21.6 Å². The highest BCUT2D eigenvalue weighted by Gasteiger charge is 2.35. The SMILES string of the molecule is COc1ccc2c(c1)OC(C)(C)C[C@H]2NC(=O)CN(c1c(C)cccc1C)S(C)(=O)=O. The van der Waals surface area contributed by atoms with Crippen LogP contribution >= 0.6 is 0 Å².